The van der Waals surface area contributed by atoms with Gasteiger partial charge in [0.05, 0.1) is 11.5 Å². The molecule has 1 saturated carbocycles. The summed E-state index contributed by atoms with van der Waals surface area (Å²) in [6.07, 6.45) is 6.13. The topological polar surface area (TPSA) is 71.3 Å². The van der Waals surface area contributed by atoms with E-state index in [1.165, 1.54) is 32.1 Å². The second-order valence-electron chi connectivity index (χ2n) is 6.84. The highest BCUT2D eigenvalue weighted by molar-refractivity contribution is 5.96. The van der Waals surface area contributed by atoms with Crippen LogP contribution in [0, 0.1) is 19.8 Å². The lowest BCUT2D eigenvalue weighted by Gasteiger charge is -2.26. The van der Waals surface area contributed by atoms with Gasteiger partial charge in [-0.2, -0.15) is 0 Å². The van der Waals surface area contributed by atoms with E-state index in [0.29, 0.717) is 11.6 Å². The third kappa shape index (κ3) is 3.77. The fourth-order valence-corrected chi connectivity index (χ4v) is 3.53. The van der Waals surface area contributed by atoms with Crippen LogP contribution in [0.15, 0.2) is 6.07 Å². The fraction of sp³-hybridized carbons (Fsp3) is 0.667. The predicted molar refractivity (Wildman–Crippen MR) is 89.8 cm³/mol. The van der Waals surface area contributed by atoms with Crippen molar-refractivity contribution in [2.75, 3.05) is 0 Å². The predicted octanol–water partition coefficient (Wildman–Crippen LogP) is 3.45. The van der Waals surface area contributed by atoms with Crippen molar-refractivity contribution in [2.45, 2.75) is 71.9 Å². The Morgan fingerprint density at radius 3 is 2.39 bits per heavy atom. The molecule has 2 unspecified atom stereocenters. The summed E-state index contributed by atoms with van der Waals surface area (Å²) in [5, 5.41) is 11.9. The van der Waals surface area contributed by atoms with Crippen LogP contribution < -0.4 is 5.32 Å². The summed E-state index contributed by atoms with van der Waals surface area (Å²) >= 11 is 0. The molecule has 1 aromatic rings. The number of carbonyl (C=O) groups excluding carboxylic acids is 1. The Hall–Kier alpha value is -1.78. The van der Waals surface area contributed by atoms with E-state index in [4.69, 9.17) is 5.11 Å². The summed E-state index contributed by atoms with van der Waals surface area (Å²) < 4.78 is 2.29. The lowest BCUT2D eigenvalue weighted by Crippen LogP contribution is -2.40. The Kier molecular flexibility index (Phi) is 5.50. The first-order chi connectivity index (χ1) is 10.8. The Bertz CT molecular complexity index is 585. The molecule has 5 heteroatoms. The smallest absolute Gasteiger partial charge is 0.308 e. The van der Waals surface area contributed by atoms with Crippen molar-refractivity contribution in [3.05, 3.63) is 23.0 Å². The SMILES string of the molecule is Cc1cc(C(=O)NC(C)C(C)C(=O)O)c(C)n1C1CCCCC1. The Labute approximate surface area is 138 Å². The minimum Gasteiger partial charge on any atom is -0.481 e. The number of aliphatic carboxylic acids is 1. The van der Waals surface area contributed by atoms with Gasteiger partial charge in [-0.3, -0.25) is 9.59 Å². The maximum Gasteiger partial charge on any atom is 0.308 e. The molecule has 0 bridgehead atoms. The van der Waals surface area contributed by atoms with Crippen molar-refractivity contribution in [3.63, 3.8) is 0 Å². The van der Waals surface area contributed by atoms with Crippen LogP contribution >= 0.6 is 0 Å². The van der Waals surface area contributed by atoms with Gasteiger partial charge in [0.1, 0.15) is 0 Å². The Morgan fingerprint density at radius 2 is 1.83 bits per heavy atom. The Morgan fingerprint density at radius 1 is 1.22 bits per heavy atom. The van der Waals surface area contributed by atoms with E-state index in [1.807, 2.05) is 19.9 Å². The van der Waals surface area contributed by atoms with Crippen molar-refractivity contribution in [1.29, 1.82) is 0 Å². The highest BCUT2D eigenvalue weighted by atomic mass is 16.4. The number of hydrogen-bond donors (Lipinski definition) is 2. The lowest BCUT2D eigenvalue weighted by atomic mass is 9.95. The van der Waals surface area contributed by atoms with E-state index < -0.39 is 17.9 Å². The number of amides is 1. The van der Waals surface area contributed by atoms with Crippen LogP contribution in [0.3, 0.4) is 0 Å². The number of nitrogens with one attached hydrogen (secondary N) is 1. The van der Waals surface area contributed by atoms with Gasteiger partial charge in [0.25, 0.3) is 5.91 Å². The van der Waals surface area contributed by atoms with Crippen LogP contribution in [-0.2, 0) is 4.79 Å². The first-order valence-corrected chi connectivity index (χ1v) is 8.55. The molecule has 1 heterocycles. The number of carboxylic acid groups (broad SMARTS) is 1. The molecule has 23 heavy (non-hydrogen) atoms. The number of rotatable bonds is 5. The zero-order valence-electron chi connectivity index (χ0n) is 14.6. The standard InChI is InChI=1S/C18H28N2O3/c1-11-10-16(17(21)19-13(3)12(2)18(22)23)14(4)20(11)15-8-6-5-7-9-15/h10,12-13,15H,5-9H2,1-4H3,(H,19,21)(H,22,23). The molecule has 0 aliphatic heterocycles. The van der Waals surface area contributed by atoms with Crippen LogP contribution in [0.4, 0.5) is 0 Å². The molecule has 0 aromatic carbocycles. The third-order valence-electron chi connectivity index (χ3n) is 5.17. The van der Waals surface area contributed by atoms with Gasteiger partial charge < -0.3 is 15.0 Å². The van der Waals surface area contributed by atoms with E-state index in [-0.39, 0.29) is 5.91 Å². The first kappa shape index (κ1) is 17.6. The maximum absolute atomic E-state index is 12.5. The number of hydrogen-bond acceptors (Lipinski definition) is 2. The maximum atomic E-state index is 12.5. The molecule has 1 fully saturated rings. The molecule has 1 aliphatic rings. The molecule has 2 rings (SSSR count). The minimum atomic E-state index is -0.898. The van der Waals surface area contributed by atoms with Gasteiger partial charge in [-0.1, -0.05) is 19.3 Å². The number of nitrogens with zero attached hydrogens (tertiary/aromatic N) is 1. The van der Waals surface area contributed by atoms with E-state index in [0.717, 1.165) is 11.4 Å². The second-order valence-corrected chi connectivity index (χ2v) is 6.84. The van der Waals surface area contributed by atoms with Gasteiger partial charge in [-0.05, 0) is 46.6 Å². The summed E-state index contributed by atoms with van der Waals surface area (Å²) in [6, 6.07) is 2.01. The average Bonchev–Trinajstić information content (AvgIpc) is 2.82. The van der Waals surface area contributed by atoms with Crippen LogP contribution in [0.1, 0.15) is 73.7 Å². The molecule has 0 spiro atoms. The summed E-state index contributed by atoms with van der Waals surface area (Å²) in [7, 11) is 0. The average molecular weight is 320 g/mol. The van der Waals surface area contributed by atoms with Crippen molar-refractivity contribution >= 4 is 11.9 Å². The number of aryl methyl sites for hydroxylation is 1. The van der Waals surface area contributed by atoms with E-state index in [9.17, 15) is 9.59 Å². The van der Waals surface area contributed by atoms with Gasteiger partial charge in [0.2, 0.25) is 0 Å². The van der Waals surface area contributed by atoms with Gasteiger partial charge in [0.15, 0.2) is 0 Å². The molecule has 1 amide bonds. The van der Waals surface area contributed by atoms with Gasteiger partial charge in [-0.15, -0.1) is 0 Å². The molecule has 5 nitrogen and oxygen atoms in total. The second kappa shape index (κ2) is 7.20. The zero-order valence-corrected chi connectivity index (χ0v) is 14.6. The van der Waals surface area contributed by atoms with Crippen LogP contribution in [0.5, 0.6) is 0 Å². The van der Waals surface area contributed by atoms with Crippen LogP contribution in [0.25, 0.3) is 0 Å². The summed E-state index contributed by atoms with van der Waals surface area (Å²) in [4.78, 5) is 23.6. The van der Waals surface area contributed by atoms with Gasteiger partial charge >= 0.3 is 5.97 Å². The quantitative estimate of drug-likeness (QED) is 0.873. The third-order valence-corrected chi connectivity index (χ3v) is 5.17. The fourth-order valence-electron chi connectivity index (χ4n) is 3.53. The molecule has 2 atom stereocenters. The molecule has 128 valence electrons. The Balaban J connectivity index is 2.17. The van der Waals surface area contributed by atoms with E-state index >= 15 is 0 Å². The van der Waals surface area contributed by atoms with Crippen LogP contribution in [0.2, 0.25) is 0 Å². The van der Waals surface area contributed by atoms with Crippen molar-refractivity contribution in [1.82, 2.24) is 9.88 Å². The molecule has 2 N–H and O–H groups in total. The highest BCUT2D eigenvalue weighted by Crippen LogP contribution is 2.32. The normalized spacial score (nSPS) is 18.4. The summed E-state index contributed by atoms with van der Waals surface area (Å²) in [6.45, 7) is 7.37. The molecular formula is C18H28N2O3. The van der Waals surface area contributed by atoms with E-state index in [1.54, 1.807) is 13.8 Å². The van der Waals surface area contributed by atoms with E-state index in [2.05, 4.69) is 9.88 Å². The zero-order chi connectivity index (χ0) is 17.1. The largest absolute Gasteiger partial charge is 0.481 e. The summed E-state index contributed by atoms with van der Waals surface area (Å²) in [5.74, 6) is -1.69. The number of aromatic nitrogens is 1. The molecule has 1 aromatic heterocycles. The summed E-state index contributed by atoms with van der Waals surface area (Å²) in [5.41, 5.74) is 2.76. The monoisotopic (exact) mass is 320 g/mol. The highest BCUT2D eigenvalue weighted by Gasteiger charge is 2.25. The number of carboxylic acids is 1. The van der Waals surface area contributed by atoms with Gasteiger partial charge in [0, 0.05) is 23.5 Å². The van der Waals surface area contributed by atoms with Crippen molar-refractivity contribution in [2.24, 2.45) is 5.92 Å². The molecule has 0 saturated heterocycles. The van der Waals surface area contributed by atoms with Crippen molar-refractivity contribution < 1.29 is 14.7 Å². The lowest BCUT2D eigenvalue weighted by molar-refractivity contribution is -0.141. The molecular weight excluding hydrogens is 292 g/mol. The van der Waals surface area contributed by atoms with Gasteiger partial charge in [-0.25, -0.2) is 0 Å². The minimum absolute atomic E-state index is 0.180. The molecule has 1 aliphatic carbocycles. The first-order valence-electron chi connectivity index (χ1n) is 8.55. The number of carbonyl (C=O) groups is 2. The molecule has 0 radical (unpaired) electrons. The van der Waals surface area contributed by atoms with Crippen LogP contribution in [-0.4, -0.2) is 27.6 Å². The van der Waals surface area contributed by atoms with Crippen molar-refractivity contribution in [3.8, 4) is 0 Å².